The molecule has 3 aliphatic rings. The van der Waals surface area contributed by atoms with Crippen LogP contribution in [0.3, 0.4) is 0 Å². The number of hydrogen-bond donors (Lipinski definition) is 3. The molecular weight excluding hydrogens is 296 g/mol. The van der Waals surface area contributed by atoms with Crippen molar-refractivity contribution in [2.75, 3.05) is 6.61 Å². The molecule has 3 aliphatic carbocycles. The maximum Gasteiger partial charge on any atom is 0.315 e. The summed E-state index contributed by atoms with van der Waals surface area (Å²) >= 11 is 0. The van der Waals surface area contributed by atoms with E-state index in [1.54, 1.807) is 0 Å². The SMILES string of the molecule is CCOC1CC(NC(=O)NC2CCC(C(=O)O)CC2)C12CCC2. The summed E-state index contributed by atoms with van der Waals surface area (Å²) in [5.41, 5.74) is 0.175. The second kappa shape index (κ2) is 6.67. The van der Waals surface area contributed by atoms with Gasteiger partial charge >= 0.3 is 12.0 Å². The first-order valence-corrected chi connectivity index (χ1v) is 8.96. The van der Waals surface area contributed by atoms with Crippen molar-refractivity contribution in [1.29, 1.82) is 0 Å². The number of nitrogens with one attached hydrogen (secondary N) is 2. The molecule has 3 rings (SSSR count). The predicted octanol–water partition coefficient (Wildman–Crippen LogP) is 2.28. The van der Waals surface area contributed by atoms with Crippen LogP contribution >= 0.6 is 0 Å². The van der Waals surface area contributed by atoms with Gasteiger partial charge in [-0.1, -0.05) is 6.42 Å². The predicted molar refractivity (Wildman–Crippen MR) is 85.2 cm³/mol. The molecule has 1 spiro atoms. The maximum atomic E-state index is 12.2. The van der Waals surface area contributed by atoms with Crippen molar-refractivity contribution in [3.05, 3.63) is 0 Å². The number of carboxylic acids is 1. The summed E-state index contributed by atoms with van der Waals surface area (Å²) in [6, 6.07) is 0.226. The first-order chi connectivity index (χ1) is 11.0. The molecule has 2 amide bonds. The molecule has 130 valence electrons. The molecule has 0 aromatic carbocycles. The Labute approximate surface area is 137 Å². The fourth-order valence-electron chi connectivity index (χ4n) is 4.51. The minimum Gasteiger partial charge on any atom is -0.481 e. The van der Waals surface area contributed by atoms with E-state index < -0.39 is 5.97 Å². The van der Waals surface area contributed by atoms with E-state index in [4.69, 9.17) is 9.84 Å². The fraction of sp³-hybridized carbons (Fsp3) is 0.882. The molecule has 6 nitrogen and oxygen atoms in total. The molecule has 0 aromatic rings. The zero-order chi connectivity index (χ0) is 16.4. The average Bonchev–Trinajstić information content (AvgIpc) is 2.44. The van der Waals surface area contributed by atoms with E-state index in [2.05, 4.69) is 10.6 Å². The summed E-state index contributed by atoms with van der Waals surface area (Å²) in [4.78, 5) is 23.2. The van der Waals surface area contributed by atoms with E-state index in [-0.39, 0.29) is 29.4 Å². The van der Waals surface area contributed by atoms with Gasteiger partial charge < -0.3 is 20.5 Å². The first-order valence-electron chi connectivity index (χ1n) is 8.96. The normalized spacial score (nSPS) is 35.0. The van der Waals surface area contributed by atoms with Crippen LogP contribution < -0.4 is 10.6 Å². The molecule has 2 atom stereocenters. The van der Waals surface area contributed by atoms with Crippen molar-refractivity contribution in [3.63, 3.8) is 0 Å². The van der Waals surface area contributed by atoms with Crippen LogP contribution in [-0.2, 0) is 9.53 Å². The molecule has 23 heavy (non-hydrogen) atoms. The van der Waals surface area contributed by atoms with Crippen LogP contribution in [0.25, 0.3) is 0 Å². The summed E-state index contributed by atoms with van der Waals surface area (Å²) in [6.07, 6.45) is 7.54. The monoisotopic (exact) mass is 324 g/mol. The van der Waals surface area contributed by atoms with Gasteiger partial charge in [0.25, 0.3) is 0 Å². The van der Waals surface area contributed by atoms with E-state index in [1.165, 1.54) is 6.42 Å². The molecule has 3 fully saturated rings. The van der Waals surface area contributed by atoms with Crippen LogP contribution in [0.1, 0.15) is 58.3 Å². The van der Waals surface area contributed by atoms with E-state index in [0.29, 0.717) is 18.9 Å². The Bertz CT molecular complexity index is 456. The number of aliphatic carboxylic acids is 1. The lowest BCUT2D eigenvalue weighted by Crippen LogP contribution is -2.68. The lowest BCUT2D eigenvalue weighted by atomic mass is 9.51. The standard InChI is InChI=1S/C17H28N2O4/c1-2-23-14-10-13(17(14)8-3-9-17)19-16(22)18-12-6-4-11(5-7-12)15(20)21/h11-14H,2-10H2,1H3,(H,20,21)(H2,18,19,22). The van der Waals surface area contributed by atoms with E-state index in [1.807, 2.05) is 6.92 Å². The Morgan fingerprint density at radius 3 is 2.39 bits per heavy atom. The Hall–Kier alpha value is -1.30. The molecule has 0 heterocycles. The summed E-state index contributed by atoms with van der Waals surface area (Å²) < 4.78 is 5.80. The molecule has 0 aromatic heterocycles. The number of carbonyl (C=O) groups is 2. The van der Waals surface area contributed by atoms with E-state index in [9.17, 15) is 9.59 Å². The van der Waals surface area contributed by atoms with E-state index >= 15 is 0 Å². The van der Waals surface area contributed by atoms with Gasteiger partial charge in [0.15, 0.2) is 0 Å². The third kappa shape index (κ3) is 3.18. The highest BCUT2D eigenvalue weighted by Crippen LogP contribution is 2.57. The van der Waals surface area contributed by atoms with Crippen LogP contribution in [0.15, 0.2) is 0 Å². The maximum absolute atomic E-state index is 12.2. The van der Waals surface area contributed by atoms with Crippen LogP contribution in [-0.4, -0.2) is 41.9 Å². The number of carboxylic acid groups (broad SMARTS) is 1. The van der Waals surface area contributed by atoms with Gasteiger partial charge in [0.1, 0.15) is 0 Å². The molecule has 2 unspecified atom stereocenters. The lowest BCUT2D eigenvalue weighted by Gasteiger charge is -2.60. The van der Waals surface area contributed by atoms with Crippen LogP contribution in [0.4, 0.5) is 4.79 Å². The second-order valence-corrected chi connectivity index (χ2v) is 7.32. The lowest BCUT2D eigenvalue weighted by molar-refractivity contribution is -0.169. The Balaban J connectivity index is 1.43. The molecule has 6 heteroatoms. The van der Waals surface area contributed by atoms with Crippen LogP contribution in [0.2, 0.25) is 0 Å². The Morgan fingerprint density at radius 2 is 1.87 bits per heavy atom. The van der Waals surface area contributed by atoms with Gasteiger partial charge in [-0.25, -0.2) is 4.79 Å². The summed E-state index contributed by atoms with van der Waals surface area (Å²) in [5.74, 6) is -0.954. The average molecular weight is 324 g/mol. The van der Waals surface area contributed by atoms with Gasteiger partial charge in [-0.05, 0) is 51.9 Å². The summed E-state index contributed by atoms with van der Waals surface area (Å²) in [6.45, 7) is 2.76. The molecular formula is C17H28N2O4. The molecule has 0 saturated heterocycles. The number of urea groups is 1. The van der Waals surface area contributed by atoms with Gasteiger partial charge in [0.2, 0.25) is 0 Å². The van der Waals surface area contributed by atoms with Crippen molar-refractivity contribution in [3.8, 4) is 0 Å². The number of amides is 2. The minimum atomic E-state index is -0.712. The number of hydrogen-bond acceptors (Lipinski definition) is 3. The first kappa shape index (κ1) is 16.6. The second-order valence-electron chi connectivity index (χ2n) is 7.32. The van der Waals surface area contributed by atoms with E-state index in [0.717, 1.165) is 38.7 Å². The third-order valence-electron chi connectivity index (χ3n) is 6.15. The molecule has 0 bridgehead atoms. The van der Waals surface area contributed by atoms with Gasteiger partial charge in [-0.3, -0.25) is 4.79 Å². The Morgan fingerprint density at radius 1 is 1.17 bits per heavy atom. The third-order valence-corrected chi connectivity index (χ3v) is 6.15. The highest BCUT2D eigenvalue weighted by Gasteiger charge is 2.59. The summed E-state index contributed by atoms with van der Waals surface area (Å²) in [5, 5.41) is 15.2. The van der Waals surface area contributed by atoms with Crippen molar-refractivity contribution < 1.29 is 19.4 Å². The van der Waals surface area contributed by atoms with Crippen molar-refractivity contribution in [2.45, 2.75) is 76.5 Å². The minimum absolute atomic E-state index is 0.102. The highest BCUT2D eigenvalue weighted by atomic mass is 16.5. The number of carbonyl (C=O) groups excluding carboxylic acids is 1. The van der Waals surface area contributed by atoms with Gasteiger partial charge in [-0.15, -0.1) is 0 Å². The molecule has 0 aliphatic heterocycles. The number of ether oxygens (including phenoxy) is 1. The van der Waals surface area contributed by atoms with Gasteiger partial charge in [-0.2, -0.15) is 0 Å². The van der Waals surface area contributed by atoms with Crippen molar-refractivity contribution in [2.24, 2.45) is 11.3 Å². The van der Waals surface area contributed by atoms with Crippen molar-refractivity contribution >= 4 is 12.0 Å². The topological polar surface area (TPSA) is 87.7 Å². The summed E-state index contributed by atoms with van der Waals surface area (Å²) in [7, 11) is 0. The smallest absolute Gasteiger partial charge is 0.315 e. The van der Waals surface area contributed by atoms with Gasteiger partial charge in [0, 0.05) is 24.1 Å². The number of rotatable bonds is 5. The molecule has 3 saturated carbocycles. The Kier molecular flexibility index (Phi) is 4.80. The van der Waals surface area contributed by atoms with Gasteiger partial charge in [0.05, 0.1) is 12.0 Å². The highest BCUT2D eigenvalue weighted by molar-refractivity contribution is 5.75. The molecule has 0 radical (unpaired) electrons. The quantitative estimate of drug-likeness (QED) is 0.724. The largest absolute Gasteiger partial charge is 0.481 e. The zero-order valence-corrected chi connectivity index (χ0v) is 13.8. The van der Waals surface area contributed by atoms with Crippen LogP contribution in [0, 0.1) is 11.3 Å². The van der Waals surface area contributed by atoms with Crippen LogP contribution in [0.5, 0.6) is 0 Å². The molecule has 3 N–H and O–H groups in total. The fourth-order valence-corrected chi connectivity index (χ4v) is 4.51. The van der Waals surface area contributed by atoms with Crippen molar-refractivity contribution in [1.82, 2.24) is 10.6 Å². The zero-order valence-electron chi connectivity index (χ0n) is 13.8.